The van der Waals surface area contributed by atoms with E-state index in [0.29, 0.717) is 15.8 Å². The zero-order valence-corrected chi connectivity index (χ0v) is 11.2. The molecule has 1 aliphatic carbocycles. The van der Waals surface area contributed by atoms with Gasteiger partial charge in [-0.2, -0.15) is 0 Å². The number of ether oxygens (including phenoxy) is 1. The van der Waals surface area contributed by atoms with Gasteiger partial charge in [0.15, 0.2) is 5.78 Å². The lowest BCUT2D eigenvalue weighted by Crippen LogP contribution is -2.10. The third kappa shape index (κ3) is 2.48. The highest BCUT2D eigenvalue weighted by Gasteiger charge is 2.26. The minimum atomic E-state index is -0.505. The van der Waals surface area contributed by atoms with Gasteiger partial charge in [0.25, 0.3) is 0 Å². The first-order chi connectivity index (χ1) is 8.54. The molecule has 0 aliphatic heterocycles. The molecule has 6 heteroatoms. The molecule has 5 nitrogen and oxygen atoms in total. The van der Waals surface area contributed by atoms with Gasteiger partial charge in [-0.15, -0.1) is 11.3 Å². The minimum absolute atomic E-state index is 0.137. The molecule has 0 unspecified atom stereocenters. The fraction of sp³-hybridized carbons (Fsp3) is 0.500. The smallest absolute Gasteiger partial charge is 0.343 e. The van der Waals surface area contributed by atoms with Crippen LogP contribution >= 0.6 is 11.3 Å². The largest absolute Gasteiger partial charge is 0.465 e. The summed E-state index contributed by atoms with van der Waals surface area (Å²) >= 11 is 1.22. The summed E-state index contributed by atoms with van der Waals surface area (Å²) in [6.07, 6.45) is 2.42. The number of esters is 1. The molecule has 1 aliphatic rings. The van der Waals surface area contributed by atoms with Crippen LogP contribution in [0.25, 0.3) is 0 Å². The first-order valence-electron chi connectivity index (χ1n) is 5.80. The number of Topliss-reactive ketones (excluding diaryl/α,β-unsaturated/α-hetero) is 1. The van der Waals surface area contributed by atoms with Gasteiger partial charge < -0.3 is 15.8 Å². The third-order valence-electron chi connectivity index (χ3n) is 2.90. The molecule has 1 fully saturated rings. The van der Waals surface area contributed by atoms with Gasteiger partial charge in [0.05, 0.1) is 17.7 Å². The summed E-state index contributed by atoms with van der Waals surface area (Å²) in [7, 11) is 1.30. The molecule has 0 bridgehead atoms. The molecule has 0 atom stereocenters. The van der Waals surface area contributed by atoms with Gasteiger partial charge in [-0.25, -0.2) is 4.79 Å². The summed E-state index contributed by atoms with van der Waals surface area (Å²) in [6, 6.07) is 0. The van der Waals surface area contributed by atoms with Crippen LogP contribution < -0.4 is 11.1 Å². The predicted octanol–water partition coefficient (Wildman–Crippen LogP) is 2.14. The maximum Gasteiger partial charge on any atom is 0.343 e. The highest BCUT2D eigenvalue weighted by molar-refractivity contribution is 7.19. The van der Waals surface area contributed by atoms with Crippen LogP contribution in [-0.4, -0.2) is 25.4 Å². The van der Waals surface area contributed by atoms with E-state index in [0.717, 1.165) is 6.54 Å². The number of thiophene rings is 1. The molecule has 1 heterocycles. The lowest BCUT2D eigenvalue weighted by molar-refractivity contribution is 0.0603. The van der Waals surface area contributed by atoms with Crippen LogP contribution in [0, 0.1) is 5.92 Å². The topological polar surface area (TPSA) is 81.4 Å². The number of ketones is 1. The van der Waals surface area contributed by atoms with Gasteiger partial charge in [0.1, 0.15) is 10.6 Å². The lowest BCUT2D eigenvalue weighted by atomic mass is 10.2. The molecule has 1 saturated carbocycles. The second-order valence-corrected chi connectivity index (χ2v) is 5.44. The van der Waals surface area contributed by atoms with Crippen LogP contribution in [0.5, 0.6) is 0 Å². The van der Waals surface area contributed by atoms with Crippen molar-refractivity contribution < 1.29 is 14.3 Å². The molecule has 0 radical (unpaired) electrons. The first-order valence-corrected chi connectivity index (χ1v) is 6.61. The van der Waals surface area contributed by atoms with E-state index in [9.17, 15) is 9.59 Å². The van der Waals surface area contributed by atoms with E-state index in [4.69, 9.17) is 10.5 Å². The van der Waals surface area contributed by atoms with Gasteiger partial charge in [0, 0.05) is 13.5 Å². The van der Waals surface area contributed by atoms with Crippen LogP contribution in [0.3, 0.4) is 0 Å². The molecule has 18 heavy (non-hydrogen) atoms. The number of anilines is 2. The molecule has 2 rings (SSSR count). The number of nitrogens with one attached hydrogen (secondary N) is 1. The van der Waals surface area contributed by atoms with Crippen molar-refractivity contribution in [3.8, 4) is 0 Å². The number of hydrogen-bond donors (Lipinski definition) is 2. The van der Waals surface area contributed by atoms with E-state index >= 15 is 0 Å². The quantitative estimate of drug-likeness (QED) is 0.631. The van der Waals surface area contributed by atoms with E-state index in [1.54, 1.807) is 0 Å². The minimum Gasteiger partial charge on any atom is -0.465 e. The summed E-state index contributed by atoms with van der Waals surface area (Å²) < 4.78 is 4.71. The Labute approximate surface area is 109 Å². The summed E-state index contributed by atoms with van der Waals surface area (Å²) in [5.41, 5.74) is 6.36. The Bertz CT molecular complexity index is 492. The van der Waals surface area contributed by atoms with Crippen molar-refractivity contribution >= 4 is 33.8 Å². The maximum absolute atomic E-state index is 11.7. The number of carbonyl (C=O) groups is 2. The van der Waals surface area contributed by atoms with Crippen molar-refractivity contribution in [3.05, 3.63) is 10.4 Å². The van der Waals surface area contributed by atoms with Gasteiger partial charge in [0.2, 0.25) is 0 Å². The van der Waals surface area contributed by atoms with Gasteiger partial charge in [-0.1, -0.05) is 0 Å². The number of methoxy groups -OCH3 is 1. The zero-order chi connectivity index (χ0) is 13.3. The van der Waals surface area contributed by atoms with E-state index < -0.39 is 5.97 Å². The fourth-order valence-corrected chi connectivity index (χ4v) is 2.70. The Morgan fingerprint density at radius 1 is 1.50 bits per heavy atom. The van der Waals surface area contributed by atoms with E-state index in [1.165, 1.54) is 38.2 Å². The number of nitrogens with two attached hydrogens (primary N) is 1. The van der Waals surface area contributed by atoms with E-state index in [2.05, 4.69) is 5.32 Å². The SMILES string of the molecule is COC(=O)c1c(NCC2CC2)sc(C(C)=O)c1N. The molecule has 0 aromatic carbocycles. The monoisotopic (exact) mass is 268 g/mol. The molecular weight excluding hydrogens is 252 g/mol. The van der Waals surface area contributed by atoms with Gasteiger partial charge >= 0.3 is 5.97 Å². The van der Waals surface area contributed by atoms with Crippen molar-refractivity contribution in [3.63, 3.8) is 0 Å². The highest BCUT2D eigenvalue weighted by atomic mass is 32.1. The normalized spacial score (nSPS) is 14.3. The average Bonchev–Trinajstić information content (AvgIpc) is 3.09. The maximum atomic E-state index is 11.7. The standard InChI is InChI=1S/C12H16N2O3S/c1-6(15)10-9(13)8(12(16)17-2)11(18-10)14-5-7-3-4-7/h7,14H,3-5,13H2,1-2H3. The average molecular weight is 268 g/mol. The van der Waals surface area contributed by atoms with Crippen molar-refractivity contribution in [2.45, 2.75) is 19.8 Å². The Hall–Kier alpha value is -1.56. The van der Waals surface area contributed by atoms with E-state index in [1.807, 2.05) is 0 Å². The molecular formula is C12H16N2O3S. The molecule has 0 spiro atoms. The fourth-order valence-electron chi connectivity index (χ4n) is 1.69. The van der Waals surface area contributed by atoms with Crippen LogP contribution in [-0.2, 0) is 4.74 Å². The Balaban J connectivity index is 2.31. The molecule has 0 saturated heterocycles. The summed E-state index contributed by atoms with van der Waals surface area (Å²) in [6.45, 7) is 2.25. The van der Waals surface area contributed by atoms with Crippen molar-refractivity contribution in [1.82, 2.24) is 0 Å². The van der Waals surface area contributed by atoms with Crippen LogP contribution in [0.1, 0.15) is 39.8 Å². The Kier molecular flexibility index (Phi) is 3.56. The van der Waals surface area contributed by atoms with Gasteiger partial charge in [-0.3, -0.25) is 4.79 Å². The Morgan fingerprint density at radius 2 is 2.17 bits per heavy atom. The second kappa shape index (κ2) is 4.97. The van der Waals surface area contributed by atoms with Crippen LogP contribution in [0.2, 0.25) is 0 Å². The van der Waals surface area contributed by atoms with Gasteiger partial charge in [-0.05, 0) is 18.8 Å². The van der Waals surface area contributed by atoms with Crippen molar-refractivity contribution in [2.75, 3.05) is 24.7 Å². The molecule has 1 aromatic rings. The Morgan fingerprint density at radius 3 is 2.67 bits per heavy atom. The van der Waals surface area contributed by atoms with E-state index in [-0.39, 0.29) is 17.0 Å². The molecule has 1 aromatic heterocycles. The molecule has 3 N–H and O–H groups in total. The van der Waals surface area contributed by atoms with Crippen molar-refractivity contribution in [1.29, 1.82) is 0 Å². The summed E-state index contributed by atoms with van der Waals surface area (Å²) in [4.78, 5) is 23.6. The van der Waals surface area contributed by atoms with Crippen LogP contribution in [0.15, 0.2) is 0 Å². The lowest BCUT2D eigenvalue weighted by Gasteiger charge is -2.05. The van der Waals surface area contributed by atoms with Crippen molar-refractivity contribution in [2.24, 2.45) is 5.92 Å². The summed E-state index contributed by atoms with van der Waals surface area (Å²) in [5, 5.41) is 3.83. The number of nitrogen functional groups attached to an aromatic ring is 1. The predicted molar refractivity (Wildman–Crippen MR) is 71.3 cm³/mol. The highest BCUT2D eigenvalue weighted by Crippen LogP contribution is 2.38. The van der Waals surface area contributed by atoms with Crippen LogP contribution in [0.4, 0.5) is 10.7 Å². The molecule has 98 valence electrons. The number of rotatable bonds is 5. The first kappa shape index (κ1) is 12.9. The third-order valence-corrected chi connectivity index (χ3v) is 4.17. The number of hydrogen-bond acceptors (Lipinski definition) is 6. The zero-order valence-electron chi connectivity index (χ0n) is 10.4. The summed E-state index contributed by atoms with van der Waals surface area (Å²) in [5.74, 6) is 0.0243. The second-order valence-electron chi connectivity index (χ2n) is 4.42. The molecule has 0 amide bonds. The number of carbonyl (C=O) groups excluding carboxylic acids is 2.